The lowest BCUT2D eigenvalue weighted by molar-refractivity contribution is -0.141. The van der Waals surface area contributed by atoms with E-state index in [1.54, 1.807) is 12.1 Å². The lowest BCUT2D eigenvalue weighted by Gasteiger charge is -2.20. The molecule has 1 aliphatic rings. The maximum absolute atomic E-state index is 12.1. The first-order valence-electron chi connectivity index (χ1n) is 5.91. The molecule has 5 nitrogen and oxygen atoms in total. The SMILES string of the molecule is N[C@@H](C(=O)N1CCC(C(=O)O)C1)c1ccccc1. The van der Waals surface area contributed by atoms with Gasteiger partial charge in [-0.25, -0.2) is 0 Å². The van der Waals surface area contributed by atoms with Gasteiger partial charge >= 0.3 is 5.97 Å². The summed E-state index contributed by atoms with van der Waals surface area (Å²) in [6, 6.07) is 8.40. The zero-order valence-electron chi connectivity index (χ0n) is 9.95. The zero-order valence-corrected chi connectivity index (χ0v) is 9.95. The predicted molar refractivity (Wildman–Crippen MR) is 65.7 cm³/mol. The molecule has 96 valence electrons. The van der Waals surface area contributed by atoms with E-state index in [0.29, 0.717) is 13.0 Å². The van der Waals surface area contributed by atoms with Crippen LogP contribution >= 0.6 is 0 Å². The minimum Gasteiger partial charge on any atom is -0.481 e. The zero-order chi connectivity index (χ0) is 13.1. The van der Waals surface area contributed by atoms with Crippen LogP contribution in [0.15, 0.2) is 30.3 Å². The second-order valence-electron chi connectivity index (χ2n) is 4.50. The van der Waals surface area contributed by atoms with E-state index in [1.165, 1.54) is 4.90 Å². The molecular weight excluding hydrogens is 232 g/mol. The summed E-state index contributed by atoms with van der Waals surface area (Å²) in [5, 5.41) is 8.90. The molecule has 0 aliphatic carbocycles. The number of carbonyl (C=O) groups is 2. The summed E-state index contributed by atoms with van der Waals surface area (Å²) in [7, 11) is 0. The number of hydrogen-bond donors (Lipinski definition) is 2. The normalized spacial score (nSPS) is 20.7. The summed E-state index contributed by atoms with van der Waals surface area (Å²) in [5.74, 6) is -1.51. The summed E-state index contributed by atoms with van der Waals surface area (Å²) in [5.41, 5.74) is 6.65. The van der Waals surface area contributed by atoms with Crippen molar-refractivity contribution in [2.75, 3.05) is 13.1 Å². The Morgan fingerprint density at radius 1 is 1.33 bits per heavy atom. The summed E-state index contributed by atoms with van der Waals surface area (Å²) in [6.45, 7) is 0.727. The summed E-state index contributed by atoms with van der Waals surface area (Å²) in [6.07, 6.45) is 0.503. The van der Waals surface area contributed by atoms with E-state index in [1.807, 2.05) is 18.2 Å². The largest absolute Gasteiger partial charge is 0.481 e. The first-order valence-corrected chi connectivity index (χ1v) is 5.91. The quantitative estimate of drug-likeness (QED) is 0.821. The lowest BCUT2D eigenvalue weighted by atomic mass is 10.1. The van der Waals surface area contributed by atoms with Crippen molar-refractivity contribution >= 4 is 11.9 Å². The molecule has 0 radical (unpaired) electrons. The average molecular weight is 248 g/mol. The van der Waals surface area contributed by atoms with Gasteiger partial charge in [-0.2, -0.15) is 0 Å². The molecule has 0 bridgehead atoms. The van der Waals surface area contributed by atoms with Crippen LogP contribution in [0.2, 0.25) is 0 Å². The van der Waals surface area contributed by atoms with Gasteiger partial charge < -0.3 is 15.7 Å². The van der Waals surface area contributed by atoms with Gasteiger partial charge in [0.05, 0.1) is 5.92 Å². The van der Waals surface area contributed by atoms with Crippen LogP contribution in [0.5, 0.6) is 0 Å². The highest BCUT2D eigenvalue weighted by Gasteiger charge is 2.33. The number of hydrogen-bond acceptors (Lipinski definition) is 3. The Kier molecular flexibility index (Phi) is 3.62. The van der Waals surface area contributed by atoms with Gasteiger partial charge in [-0.05, 0) is 12.0 Å². The Balaban J connectivity index is 2.02. The molecule has 1 aromatic rings. The predicted octanol–water partition coefficient (Wildman–Crippen LogP) is 0.620. The first kappa shape index (κ1) is 12.6. The molecule has 1 aliphatic heterocycles. The van der Waals surface area contributed by atoms with Crippen molar-refractivity contribution in [2.45, 2.75) is 12.5 Å². The van der Waals surface area contributed by atoms with E-state index >= 15 is 0 Å². The molecule has 5 heteroatoms. The number of benzene rings is 1. The summed E-state index contributed by atoms with van der Waals surface area (Å²) >= 11 is 0. The van der Waals surface area contributed by atoms with Crippen LogP contribution in [0, 0.1) is 5.92 Å². The van der Waals surface area contributed by atoms with Crippen LogP contribution in [0.3, 0.4) is 0 Å². The van der Waals surface area contributed by atoms with Crippen molar-refractivity contribution in [1.29, 1.82) is 0 Å². The van der Waals surface area contributed by atoms with Crippen LogP contribution in [0.4, 0.5) is 0 Å². The van der Waals surface area contributed by atoms with E-state index in [9.17, 15) is 9.59 Å². The maximum atomic E-state index is 12.1. The molecule has 1 heterocycles. The maximum Gasteiger partial charge on any atom is 0.308 e. The van der Waals surface area contributed by atoms with Gasteiger partial charge in [-0.3, -0.25) is 9.59 Å². The Hall–Kier alpha value is -1.88. The smallest absolute Gasteiger partial charge is 0.308 e. The number of amides is 1. The van der Waals surface area contributed by atoms with Crippen LogP contribution in [0.25, 0.3) is 0 Å². The van der Waals surface area contributed by atoms with Crippen LogP contribution in [-0.2, 0) is 9.59 Å². The standard InChI is InChI=1S/C13H16N2O3/c14-11(9-4-2-1-3-5-9)12(16)15-7-6-10(8-15)13(17)18/h1-5,10-11H,6-8,14H2,(H,17,18)/t10?,11-/m1/s1. The second-order valence-corrected chi connectivity index (χ2v) is 4.50. The van der Waals surface area contributed by atoms with E-state index in [-0.39, 0.29) is 12.5 Å². The van der Waals surface area contributed by atoms with Gasteiger partial charge in [0.1, 0.15) is 6.04 Å². The van der Waals surface area contributed by atoms with Crippen molar-refractivity contribution in [2.24, 2.45) is 11.7 Å². The van der Waals surface area contributed by atoms with E-state index in [4.69, 9.17) is 10.8 Å². The molecule has 3 N–H and O–H groups in total. The third-order valence-corrected chi connectivity index (χ3v) is 3.27. The van der Waals surface area contributed by atoms with Gasteiger partial charge in [0.25, 0.3) is 0 Å². The van der Waals surface area contributed by atoms with Gasteiger partial charge in [0.2, 0.25) is 5.91 Å². The third kappa shape index (κ3) is 2.51. The summed E-state index contributed by atoms with van der Waals surface area (Å²) < 4.78 is 0. The minimum absolute atomic E-state index is 0.204. The molecule has 0 saturated carbocycles. The molecule has 1 aromatic carbocycles. The third-order valence-electron chi connectivity index (χ3n) is 3.27. The fourth-order valence-corrected chi connectivity index (χ4v) is 2.16. The molecule has 1 unspecified atom stereocenters. The number of nitrogens with two attached hydrogens (primary N) is 1. The van der Waals surface area contributed by atoms with Crippen molar-refractivity contribution in [3.8, 4) is 0 Å². The number of nitrogens with zero attached hydrogens (tertiary/aromatic N) is 1. The number of rotatable bonds is 3. The lowest BCUT2D eigenvalue weighted by Crippen LogP contribution is -2.37. The topological polar surface area (TPSA) is 83.6 Å². The van der Waals surface area contributed by atoms with E-state index < -0.39 is 17.9 Å². The highest BCUT2D eigenvalue weighted by molar-refractivity contribution is 5.84. The van der Waals surface area contributed by atoms with E-state index in [0.717, 1.165) is 5.56 Å². The number of carbonyl (C=O) groups excluding carboxylic acids is 1. The van der Waals surface area contributed by atoms with Gasteiger partial charge in [-0.15, -0.1) is 0 Å². The summed E-state index contributed by atoms with van der Waals surface area (Å²) in [4.78, 5) is 24.5. The fourth-order valence-electron chi connectivity index (χ4n) is 2.16. The molecule has 1 saturated heterocycles. The van der Waals surface area contributed by atoms with Crippen LogP contribution in [0.1, 0.15) is 18.0 Å². The Labute approximate surface area is 105 Å². The molecule has 0 aromatic heterocycles. The molecule has 18 heavy (non-hydrogen) atoms. The van der Waals surface area contributed by atoms with Crippen LogP contribution in [-0.4, -0.2) is 35.0 Å². The van der Waals surface area contributed by atoms with Crippen molar-refractivity contribution in [3.05, 3.63) is 35.9 Å². The Morgan fingerprint density at radius 2 is 2.00 bits per heavy atom. The number of carboxylic acids is 1. The fraction of sp³-hybridized carbons (Fsp3) is 0.385. The molecule has 0 spiro atoms. The highest BCUT2D eigenvalue weighted by atomic mass is 16.4. The molecule has 1 fully saturated rings. The van der Waals surface area contributed by atoms with Crippen molar-refractivity contribution < 1.29 is 14.7 Å². The number of likely N-dealkylation sites (tertiary alicyclic amines) is 1. The Bertz CT molecular complexity index is 447. The van der Waals surface area contributed by atoms with Crippen molar-refractivity contribution in [3.63, 3.8) is 0 Å². The number of aliphatic carboxylic acids is 1. The van der Waals surface area contributed by atoms with Crippen molar-refractivity contribution in [1.82, 2.24) is 4.90 Å². The number of carboxylic acid groups (broad SMARTS) is 1. The highest BCUT2D eigenvalue weighted by Crippen LogP contribution is 2.20. The van der Waals surface area contributed by atoms with E-state index in [2.05, 4.69) is 0 Å². The first-order chi connectivity index (χ1) is 8.59. The monoisotopic (exact) mass is 248 g/mol. The van der Waals surface area contributed by atoms with Gasteiger partial charge in [0.15, 0.2) is 0 Å². The minimum atomic E-state index is -0.849. The molecule has 2 rings (SSSR count). The molecule has 1 amide bonds. The second kappa shape index (κ2) is 5.18. The van der Waals surface area contributed by atoms with Gasteiger partial charge in [0, 0.05) is 13.1 Å². The average Bonchev–Trinajstić information content (AvgIpc) is 2.88. The molecule has 2 atom stereocenters. The van der Waals surface area contributed by atoms with Gasteiger partial charge in [-0.1, -0.05) is 30.3 Å². The molecular formula is C13H16N2O3. The Morgan fingerprint density at radius 3 is 2.56 bits per heavy atom. The van der Waals surface area contributed by atoms with Crippen LogP contribution < -0.4 is 5.73 Å².